The molecule has 1 aromatic carbocycles. The molecule has 0 atom stereocenters. The average Bonchev–Trinajstić information content (AvgIpc) is 3.09. The van der Waals surface area contributed by atoms with Gasteiger partial charge in [-0.1, -0.05) is 30.3 Å². The first kappa shape index (κ1) is 16.1. The largest absolute Gasteiger partial charge is 0.338 e. The number of rotatable bonds is 2. The Labute approximate surface area is 148 Å². The second-order valence-corrected chi connectivity index (χ2v) is 6.82. The molecule has 2 N–H and O–H groups in total. The summed E-state index contributed by atoms with van der Waals surface area (Å²) in [7, 11) is 0. The molecule has 25 heavy (non-hydrogen) atoms. The molecule has 132 valence electrons. The third kappa shape index (κ3) is 2.80. The molecule has 3 heterocycles. The molecular formula is C19H25N5O. The first-order chi connectivity index (χ1) is 12.2. The van der Waals surface area contributed by atoms with Gasteiger partial charge in [-0.2, -0.15) is 0 Å². The van der Waals surface area contributed by atoms with Gasteiger partial charge in [-0.15, -0.1) is 0 Å². The summed E-state index contributed by atoms with van der Waals surface area (Å²) in [5.74, 6) is 1.12. The zero-order chi connectivity index (χ0) is 17.3. The number of carbonyl (C=O) groups excluding carboxylic acids is 1. The number of piperidine rings is 1. The van der Waals surface area contributed by atoms with Gasteiger partial charge in [0.15, 0.2) is 0 Å². The lowest BCUT2D eigenvalue weighted by molar-refractivity contribution is 0.124. The highest BCUT2D eigenvalue weighted by Gasteiger charge is 2.42. The van der Waals surface area contributed by atoms with Crippen LogP contribution >= 0.6 is 0 Å². The number of nitrogens with zero attached hydrogens (tertiary/aromatic N) is 3. The molecule has 2 aliphatic rings. The maximum atomic E-state index is 12.1. The van der Waals surface area contributed by atoms with Crippen molar-refractivity contribution in [2.45, 2.75) is 31.8 Å². The van der Waals surface area contributed by atoms with Crippen LogP contribution < -0.4 is 10.6 Å². The summed E-state index contributed by atoms with van der Waals surface area (Å²) in [5.41, 5.74) is 2.27. The van der Waals surface area contributed by atoms with E-state index < -0.39 is 0 Å². The van der Waals surface area contributed by atoms with Gasteiger partial charge in [0.2, 0.25) is 0 Å². The number of imidazole rings is 1. The monoisotopic (exact) mass is 339 g/mol. The maximum absolute atomic E-state index is 12.1. The number of likely N-dealkylation sites (tertiary alicyclic amines) is 1. The molecule has 0 aliphatic carbocycles. The van der Waals surface area contributed by atoms with Gasteiger partial charge >= 0.3 is 6.03 Å². The Kier molecular flexibility index (Phi) is 4.21. The molecule has 6 nitrogen and oxygen atoms in total. The average molecular weight is 339 g/mol. The van der Waals surface area contributed by atoms with Crippen LogP contribution in [0.1, 0.15) is 25.6 Å². The first-order valence-corrected chi connectivity index (χ1v) is 9.13. The van der Waals surface area contributed by atoms with Crippen molar-refractivity contribution in [3.05, 3.63) is 42.4 Å². The van der Waals surface area contributed by atoms with E-state index in [9.17, 15) is 4.79 Å². The van der Waals surface area contributed by atoms with Crippen LogP contribution in [0.15, 0.2) is 36.5 Å². The minimum atomic E-state index is -0.117. The van der Waals surface area contributed by atoms with E-state index in [1.54, 1.807) is 0 Å². The van der Waals surface area contributed by atoms with Gasteiger partial charge in [0, 0.05) is 32.7 Å². The van der Waals surface area contributed by atoms with Crippen molar-refractivity contribution >= 4 is 6.03 Å². The van der Waals surface area contributed by atoms with Gasteiger partial charge < -0.3 is 20.1 Å². The molecule has 0 saturated carbocycles. The zero-order valence-electron chi connectivity index (χ0n) is 14.7. The molecular weight excluding hydrogens is 314 g/mol. The van der Waals surface area contributed by atoms with E-state index in [1.807, 2.05) is 24.1 Å². The van der Waals surface area contributed by atoms with Crippen molar-refractivity contribution in [2.24, 2.45) is 0 Å². The van der Waals surface area contributed by atoms with Crippen LogP contribution in [0.3, 0.4) is 0 Å². The number of amides is 2. The number of hydrogen-bond acceptors (Lipinski definition) is 3. The maximum Gasteiger partial charge on any atom is 0.317 e. The predicted molar refractivity (Wildman–Crippen MR) is 97.2 cm³/mol. The van der Waals surface area contributed by atoms with Crippen LogP contribution in [0.5, 0.6) is 0 Å². The Bertz CT molecular complexity index is 746. The Morgan fingerprint density at radius 3 is 2.72 bits per heavy atom. The van der Waals surface area contributed by atoms with E-state index in [-0.39, 0.29) is 11.6 Å². The lowest BCUT2D eigenvalue weighted by Gasteiger charge is -2.44. The fourth-order valence-electron chi connectivity index (χ4n) is 4.06. The van der Waals surface area contributed by atoms with Gasteiger partial charge in [-0.05, 0) is 25.3 Å². The molecule has 6 heteroatoms. The lowest BCUT2D eigenvalue weighted by Crippen LogP contribution is -2.57. The molecule has 2 aromatic rings. The molecule has 1 spiro atoms. The van der Waals surface area contributed by atoms with Crippen LogP contribution in [0, 0.1) is 0 Å². The lowest BCUT2D eigenvalue weighted by atomic mass is 9.85. The molecule has 1 fully saturated rings. The Balaban J connectivity index is 1.59. The van der Waals surface area contributed by atoms with Crippen LogP contribution in [-0.2, 0) is 12.1 Å². The minimum Gasteiger partial charge on any atom is -0.338 e. The summed E-state index contributed by atoms with van der Waals surface area (Å²) in [6, 6.07) is 10.5. The summed E-state index contributed by atoms with van der Waals surface area (Å²) < 4.78 is 2.35. The van der Waals surface area contributed by atoms with Gasteiger partial charge in [0.1, 0.15) is 5.82 Å². The van der Waals surface area contributed by atoms with Gasteiger partial charge in [-0.3, -0.25) is 0 Å². The van der Waals surface area contributed by atoms with Crippen molar-refractivity contribution in [3.8, 4) is 11.3 Å². The van der Waals surface area contributed by atoms with E-state index >= 15 is 0 Å². The molecule has 0 radical (unpaired) electrons. The van der Waals surface area contributed by atoms with Crippen LogP contribution in [0.25, 0.3) is 11.3 Å². The summed E-state index contributed by atoms with van der Waals surface area (Å²) in [5, 5.41) is 6.60. The topological polar surface area (TPSA) is 62.2 Å². The summed E-state index contributed by atoms with van der Waals surface area (Å²) in [6.07, 6.45) is 3.79. The molecule has 0 bridgehead atoms. The molecule has 0 unspecified atom stereocenters. The summed E-state index contributed by atoms with van der Waals surface area (Å²) in [4.78, 5) is 18.8. The van der Waals surface area contributed by atoms with E-state index in [0.717, 1.165) is 44.8 Å². The van der Waals surface area contributed by atoms with Crippen molar-refractivity contribution < 1.29 is 4.79 Å². The molecule has 4 rings (SSSR count). The Morgan fingerprint density at radius 2 is 2.00 bits per heavy atom. The first-order valence-electron chi connectivity index (χ1n) is 9.13. The number of aromatic nitrogens is 2. The van der Waals surface area contributed by atoms with E-state index in [2.05, 4.69) is 39.5 Å². The van der Waals surface area contributed by atoms with Crippen molar-refractivity contribution in [1.82, 2.24) is 25.1 Å². The van der Waals surface area contributed by atoms with Crippen molar-refractivity contribution in [3.63, 3.8) is 0 Å². The normalized spacial score (nSPS) is 18.8. The number of hydrogen-bond donors (Lipinski definition) is 2. The third-order valence-corrected chi connectivity index (χ3v) is 5.38. The molecule has 2 aliphatic heterocycles. The number of fused-ring (bicyclic) bond motifs is 2. The number of urea groups is 1. The predicted octanol–water partition coefficient (Wildman–Crippen LogP) is 2.17. The molecule has 1 aromatic heterocycles. The second kappa shape index (κ2) is 6.52. The number of carbonyl (C=O) groups is 1. The Morgan fingerprint density at radius 1 is 1.24 bits per heavy atom. The minimum absolute atomic E-state index is 0.0430. The summed E-state index contributed by atoms with van der Waals surface area (Å²) in [6.45, 7) is 6.00. The van der Waals surface area contributed by atoms with Gasteiger partial charge in [0.25, 0.3) is 0 Å². The smallest absolute Gasteiger partial charge is 0.317 e. The molecule has 2 amide bonds. The number of benzene rings is 1. The third-order valence-electron chi connectivity index (χ3n) is 5.38. The highest BCUT2D eigenvalue weighted by molar-refractivity contribution is 5.74. The highest BCUT2D eigenvalue weighted by atomic mass is 16.2. The van der Waals surface area contributed by atoms with Gasteiger partial charge in [0.05, 0.1) is 17.4 Å². The van der Waals surface area contributed by atoms with E-state index in [1.165, 1.54) is 11.3 Å². The van der Waals surface area contributed by atoms with Crippen LogP contribution in [0.4, 0.5) is 4.79 Å². The quantitative estimate of drug-likeness (QED) is 0.881. The SMILES string of the molecule is CCNC(=O)N1CCC2(CC1)NCCn1c(-c3ccccc3)cnc12. The van der Waals surface area contributed by atoms with E-state index in [4.69, 9.17) is 4.98 Å². The molecule has 1 saturated heterocycles. The fraction of sp³-hybridized carbons (Fsp3) is 0.474. The Hall–Kier alpha value is -2.34. The second-order valence-electron chi connectivity index (χ2n) is 6.82. The van der Waals surface area contributed by atoms with E-state index in [0.29, 0.717) is 6.54 Å². The fourth-order valence-corrected chi connectivity index (χ4v) is 4.06. The van der Waals surface area contributed by atoms with Crippen LogP contribution in [0.2, 0.25) is 0 Å². The van der Waals surface area contributed by atoms with Crippen LogP contribution in [-0.4, -0.2) is 46.7 Å². The highest BCUT2D eigenvalue weighted by Crippen LogP contribution is 2.36. The standard InChI is InChI=1S/C19H25N5O/c1-2-20-18(25)23-11-8-19(9-12-23)17-21-14-16(24(17)13-10-22-19)15-6-4-3-5-7-15/h3-7,14,22H,2,8-13H2,1H3,(H,20,25). The van der Waals surface area contributed by atoms with Crippen molar-refractivity contribution in [1.29, 1.82) is 0 Å². The van der Waals surface area contributed by atoms with Gasteiger partial charge in [-0.25, -0.2) is 9.78 Å². The summed E-state index contributed by atoms with van der Waals surface area (Å²) >= 11 is 0. The zero-order valence-corrected chi connectivity index (χ0v) is 14.7. The van der Waals surface area contributed by atoms with Crippen molar-refractivity contribution in [2.75, 3.05) is 26.2 Å². The number of nitrogens with one attached hydrogen (secondary N) is 2.